The summed E-state index contributed by atoms with van der Waals surface area (Å²) in [6, 6.07) is 31.4. The van der Waals surface area contributed by atoms with Gasteiger partial charge < -0.3 is 25.8 Å². The van der Waals surface area contributed by atoms with E-state index in [-0.39, 0.29) is 59.8 Å². The second-order valence-corrected chi connectivity index (χ2v) is 15.5. The second-order valence-electron chi connectivity index (χ2n) is 13.8. The van der Waals surface area contributed by atoms with E-state index in [0.717, 1.165) is 16.2 Å². The number of carbonyl (C=O) groups excluding carboxylic acids is 3. The zero-order valence-electron chi connectivity index (χ0n) is 33.9. The van der Waals surface area contributed by atoms with Crippen molar-refractivity contribution < 1.29 is 42.0 Å². The van der Waals surface area contributed by atoms with E-state index in [1.807, 2.05) is 60.7 Å². The van der Waals surface area contributed by atoms with E-state index in [2.05, 4.69) is 20.7 Å². The third-order valence-electron chi connectivity index (χ3n) is 9.17. The molecule has 1 fully saturated rings. The summed E-state index contributed by atoms with van der Waals surface area (Å²) in [6.45, 7) is -0.531. The highest BCUT2D eigenvalue weighted by atomic mass is 31.2. The largest absolute Gasteiger partial charge is 0.494 e. The molecule has 318 valence electrons. The van der Waals surface area contributed by atoms with E-state index in [1.54, 1.807) is 30.3 Å². The maximum atomic E-state index is 13.7. The lowest BCUT2D eigenvalue weighted by Crippen LogP contribution is -2.29. The minimum absolute atomic E-state index is 0.00494. The first-order valence-corrected chi connectivity index (χ1v) is 20.6. The fourth-order valence-electron chi connectivity index (χ4n) is 5.83. The van der Waals surface area contributed by atoms with Crippen LogP contribution in [0.5, 0.6) is 5.75 Å². The summed E-state index contributed by atoms with van der Waals surface area (Å²) >= 11 is 0. The van der Waals surface area contributed by atoms with Gasteiger partial charge in [0.05, 0.1) is 55.0 Å². The summed E-state index contributed by atoms with van der Waals surface area (Å²) in [5.74, 6) is 4.33. The van der Waals surface area contributed by atoms with Crippen molar-refractivity contribution in [2.24, 2.45) is 27.6 Å². The second kappa shape index (κ2) is 20.6. The number of para-hydroxylation sites is 1. The third kappa shape index (κ3) is 12.2. The van der Waals surface area contributed by atoms with Gasteiger partial charge in [-0.05, 0) is 53.8 Å². The number of hydrogen-bond donors (Lipinski definition) is 4. The number of phosphoric acid groups is 1. The van der Waals surface area contributed by atoms with Gasteiger partial charge in [0.25, 0.3) is 11.8 Å². The van der Waals surface area contributed by atoms with Crippen molar-refractivity contribution in [2.45, 2.75) is 39.4 Å². The number of pyridine rings is 1. The monoisotopic (exact) mass is 850 g/mol. The van der Waals surface area contributed by atoms with Crippen LogP contribution in [-0.4, -0.2) is 54.5 Å². The van der Waals surface area contributed by atoms with Crippen molar-refractivity contribution >= 4 is 42.8 Å². The number of aromatic nitrogens is 1. The summed E-state index contributed by atoms with van der Waals surface area (Å²) in [4.78, 5) is 44.0. The maximum Gasteiger partial charge on any atom is 0.475 e. The minimum Gasteiger partial charge on any atom is -0.494 e. The molecule has 0 bridgehead atoms. The molecule has 0 aliphatic heterocycles. The first kappa shape index (κ1) is 43.9. The molecule has 1 aliphatic carbocycles. The van der Waals surface area contributed by atoms with Crippen molar-refractivity contribution in [3.8, 4) is 5.75 Å². The average Bonchev–Trinajstić information content (AvgIpc) is 4.13. The molecule has 2 amide bonds. The quantitative estimate of drug-likeness (QED) is 0.0195. The van der Waals surface area contributed by atoms with Crippen LogP contribution in [0, 0.1) is 5.92 Å². The Morgan fingerprint density at radius 1 is 0.820 bits per heavy atom. The Morgan fingerprint density at radius 3 is 1.95 bits per heavy atom. The topological polar surface area (TPSA) is 223 Å². The summed E-state index contributed by atoms with van der Waals surface area (Å²) < 4.78 is 43.6. The molecule has 61 heavy (non-hydrogen) atoms. The molecule has 17 nitrogen and oxygen atoms in total. The molecule has 1 aliphatic rings. The molecule has 1 heterocycles. The smallest absolute Gasteiger partial charge is 0.475 e. The zero-order valence-corrected chi connectivity index (χ0v) is 34.7. The first-order chi connectivity index (χ1) is 29.4. The highest BCUT2D eigenvalue weighted by Crippen LogP contribution is 2.51. The first-order valence-electron chi connectivity index (χ1n) is 19.1. The number of ether oxygens (including phenoxy) is 2. The van der Waals surface area contributed by atoms with E-state index < -0.39 is 26.4 Å². The van der Waals surface area contributed by atoms with Crippen LogP contribution in [0.15, 0.2) is 125 Å². The normalized spacial score (nSPS) is 13.0. The molecule has 0 saturated heterocycles. The molecule has 1 saturated carbocycles. The predicted octanol–water partition coefficient (Wildman–Crippen LogP) is 5.74. The van der Waals surface area contributed by atoms with Crippen molar-refractivity contribution in [3.05, 3.63) is 154 Å². The molecule has 0 spiro atoms. The molecule has 5 aromatic rings. The number of esters is 1. The lowest BCUT2D eigenvalue weighted by molar-refractivity contribution is -0.119. The van der Waals surface area contributed by atoms with Gasteiger partial charge >= 0.3 is 13.8 Å². The molecular weight excluding hydrogens is 803 g/mol. The number of benzene rings is 4. The highest BCUT2D eigenvalue weighted by Gasteiger charge is 2.30. The van der Waals surface area contributed by atoms with Crippen LogP contribution in [0.3, 0.4) is 0 Å². The highest BCUT2D eigenvalue weighted by molar-refractivity contribution is 7.48. The Hall–Kier alpha value is -6.62. The number of rotatable bonds is 19. The lowest BCUT2D eigenvalue weighted by Gasteiger charge is -2.19. The summed E-state index contributed by atoms with van der Waals surface area (Å²) in [7, 11) is 0.399. The van der Waals surface area contributed by atoms with E-state index >= 15 is 0 Å². The number of nitrogens with one attached hydrogen (secondary N) is 2. The van der Waals surface area contributed by atoms with Crippen molar-refractivity contribution in [2.75, 3.05) is 26.5 Å². The molecule has 4 aromatic carbocycles. The number of anilines is 2. The van der Waals surface area contributed by atoms with Crippen molar-refractivity contribution in [1.82, 2.24) is 15.0 Å². The fourth-order valence-corrected chi connectivity index (χ4v) is 6.98. The van der Waals surface area contributed by atoms with Crippen LogP contribution in [0.25, 0.3) is 0 Å². The Bertz CT molecular complexity index is 2430. The lowest BCUT2D eigenvalue weighted by atomic mass is 10.1. The molecule has 6 rings (SSSR count). The van der Waals surface area contributed by atoms with Crippen LogP contribution < -0.4 is 32.4 Å². The molecule has 0 unspecified atom stereocenters. The fraction of sp³-hybridized carbons (Fsp3) is 0.233. The van der Waals surface area contributed by atoms with Gasteiger partial charge in [-0.15, -0.1) is 5.10 Å². The summed E-state index contributed by atoms with van der Waals surface area (Å²) in [6.07, 6.45) is 2.86. The number of hydrazone groups is 1. The number of hydrogen-bond acceptors (Lipinski definition) is 13. The molecule has 0 radical (unpaired) electrons. The van der Waals surface area contributed by atoms with Gasteiger partial charge in [0, 0.05) is 32.3 Å². The van der Waals surface area contributed by atoms with Crippen molar-refractivity contribution in [3.63, 3.8) is 0 Å². The standard InChI is InChI=1S/C43H47N8O9P/c1-46-42(53)35-24-51(38(48-41(52)32-21-22-32)23-37(35)47-36-16-10-15-34(39(36)56-3)40(44)49-50(2)45)28-57-43(54)33-19-17-31(18-20-33)27-60-61(55,58-25-29-11-6-4-7-12-29)59-26-30-13-8-5-9-14-30/h4-20,23-24,32,47H,21-22,25-28,45H2,1-3H3,(H2,44,49)(H,46,53)/b48-38+. The van der Waals surface area contributed by atoms with Gasteiger partial charge in [-0.2, -0.15) is 4.99 Å². The zero-order chi connectivity index (χ0) is 43.4. The molecule has 1 aromatic heterocycles. The van der Waals surface area contributed by atoms with Crippen LogP contribution >= 0.6 is 7.82 Å². The Balaban J connectivity index is 1.19. The van der Waals surface area contributed by atoms with Gasteiger partial charge in [-0.25, -0.2) is 20.3 Å². The van der Waals surface area contributed by atoms with E-state index in [4.69, 9.17) is 34.6 Å². The summed E-state index contributed by atoms with van der Waals surface area (Å²) in [5, 5.41) is 10.9. The van der Waals surface area contributed by atoms with Gasteiger partial charge in [0.1, 0.15) is 5.49 Å². The van der Waals surface area contributed by atoms with E-state index in [0.29, 0.717) is 35.4 Å². The number of hydrazine groups is 1. The van der Waals surface area contributed by atoms with Crippen LogP contribution in [0.4, 0.5) is 11.4 Å². The van der Waals surface area contributed by atoms with Gasteiger partial charge in [0.15, 0.2) is 18.3 Å². The number of carbonyl (C=O) groups is 3. The van der Waals surface area contributed by atoms with E-state index in [1.165, 1.54) is 50.2 Å². The number of methoxy groups -OCH3 is 1. The third-order valence-corrected chi connectivity index (χ3v) is 10.5. The predicted molar refractivity (Wildman–Crippen MR) is 227 cm³/mol. The van der Waals surface area contributed by atoms with Crippen LogP contribution in [-0.2, 0) is 54.2 Å². The molecular formula is C43H47N8O9P. The molecule has 0 atom stereocenters. The van der Waals surface area contributed by atoms with E-state index in [9.17, 15) is 18.9 Å². The Labute approximate surface area is 352 Å². The van der Waals surface area contributed by atoms with Gasteiger partial charge in [-0.3, -0.25) is 27.7 Å². The average molecular weight is 851 g/mol. The number of amidine groups is 1. The van der Waals surface area contributed by atoms with Crippen molar-refractivity contribution in [1.29, 1.82) is 0 Å². The number of nitrogens with zero attached hydrogens (tertiary/aromatic N) is 4. The number of phosphoric ester groups is 1. The maximum absolute atomic E-state index is 13.7. The Morgan fingerprint density at radius 2 is 1.41 bits per heavy atom. The summed E-state index contributed by atoms with van der Waals surface area (Å²) in [5.41, 5.74) is 9.93. The molecule has 18 heteroatoms. The number of nitrogens with two attached hydrogens (primary N) is 2. The number of amides is 2. The minimum atomic E-state index is -4.04. The van der Waals surface area contributed by atoms with Crippen LogP contribution in [0.2, 0.25) is 0 Å². The van der Waals surface area contributed by atoms with Gasteiger partial charge in [-0.1, -0.05) is 78.9 Å². The Kier molecular flexibility index (Phi) is 14.8. The molecule has 6 N–H and O–H groups in total. The van der Waals surface area contributed by atoms with Gasteiger partial charge in [0.2, 0.25) is 0 Å². The van der Waals surface area contributed by atoms with Crippen LogP contribution in [0.1, 0.15) is 55.8 Å². The SMILES string of the molecule is CNC(=O)c1cn(COC(=O)c2ccc(COP(=O)(OCc3ccccc3)OCc3ccccc3)cc2)/c(=N/C(=O)C2CC2)cc1Nc1cccc(/C(N)=N/N(C)N)c1OC.